The summed E-state index contributed by atoms with van der Waals surface area (Å²) in [5.74, 6) is 0.139. The number of benzene rings is 2. The highest BCUT2D eigenvalue weighted by Gasteiger charge is 2.27. The Balaban J connectivity index is 1.72. The predicted octanol–water partition coefficient (Wildman–Crippen LogP) is 3.58. The summed E-state index contributed by atoms with van der Waals surface area (Å²) < 4.78 is 26.7. The second-order valence-corrected chi connectivity index (χ2v) is 8.88. The lowest BCUT2D eigenvalue weighted by Crippen LogP contribution is -2.20. The van der Waals surface area contributed by atoms with Crippen LogP contribution in [0.3, 0.4) is 0 Å². The van der Waals surface area contributed by atoms with Crippen LogP contribution >= 0.6 is 0 Å². The molecule has 6 nitrogen and oxygen atoms in total. The summed E-state index contributed by atoms with van der Waals surface area (Å²) >= 11 is 0. The van der Waals surface area contributed by atoms with Gasteiger partial charge in [0.25, 0.3) is 5.91 Å². The minimum atomic E-state index is -3.61. The van der Waals surface area contributed by atoms with Crippen molar-refractivity contribution in [2.45, 2.75) is 30.6 Å². The molecular formula is C21H21N3O3S. The number of fused-ring (bicyclic) bond motifs is 1. The molecule has 3 aromatic rings. The van der Waals surface area contributed by atoms with Gasteiger partial charge in [-0.3, -0.25) is 9.78 Å². The first-order valence-corrected chi connectivity index (χ1v) is 10.6. The summed E-state index contributed by atoms with van der Waals surface area (Å²) in [6, 6.07) is 14.3. The molecule has 1 fully saturated rings. The number of pyridine rings is 1. The highest BCUT2D eigenvalue weighted by atomic mass is 32.2. The first-order chi connectivity index (χ1) is 13.4. The molecule has 7 heteroatoms. The van der Waals surface area contributed by atoms with Gasteiger partial charge in [-0.2, -0.15) is 0 Å². The smallest absolute Gasteiger partial charge is 0.256 e. The standard InChI is InChI=1S/C21H21N3O3S/c1-13-7-10-15(11-20(13)28(26,27)22-2)23-21(25)17-12-19(14-8-9-14)24-18-6-4-3-5-16(17)18/h3-7,10-12,14,22H,8-9H2,1-2H3,(H,23,25). The molecule has 1 aliphatic rings. The summed E-state index contributed by atoms with van der Waals surface area (Å²) in [7, 11) is -2.24. The third kappa shape index (κ3) is 3.50. The van der Waals surface area contributed by atoms with Gasteiger partial charge in [0.15, 0.2) is 0 Å². The van der Waals surface area contributed by atoms with Crippen molar-refractivity contribution in [1.29, 1.82) is 0 Å². The van der Waals surface area contributed by atoms with E-state index in [0.717, 1.165) is 29.4 Å². The van der Waals surface area contributed by atoms with Crippen molar-refractivity contribution in [3.05, 3.63) is 65.4 Å². The number of aromatic nitrogens is 1. The van der Waals surface area contributed by atoms with E-state index in [1.54, 1.807) is 19.1 Å². The SMILES string of the molecule is CNS(=O)(=O)c1cc(NC(=O)c2cc(C3CC3)nc3ccccc23)ccc1C. The van der Waals surface area contributed by atoms with Crippen LogP contribution in [0.5, 0.6) is 0 Å². The molecule has 0 aliphatic heterocycles. The second kappa shape index (κ2) is 7.00. The molecule has 1 heterocycles. The molecule has 4 rings (SSSR count). The number of nitrogens with zero attached hydrogens (tertiary/aromatic N) is 1. The number of para-hydroxylation sites is 1. The topological polar surface area (TPSA) is 88.2 Å². The number of hydrogen-bond acceptors (Lipinski definition) is 4. The maximum atomic E-state index is 13.0. The van der Waals surface area contributed by atoms with E-state index >= 15 is 0 Å². The van der Waals surface area contributed by atoms with Gasteiger partial charge in [0.1, 0.15) is 0 Å². The molecule has 0 saturated heterocycles. The maximum Gasteiger partial charge on any atom is 0.256 e. The van der Waals surface area contributed by atoms with Crippen molar-refractivity contribution >= 4 is 32.5 Å². The quantitative estimate of drug-likeness (QED) is 0.691. The lowest BCUT2D eigenvalue weighted by atomic mass is 10.1. The van der Waals surface area contributed by atoms with Gasteiger partial charge >= 0.3 is 0 Å². The molecule has 2 aromatic carbocycles. The number of amides is 1. The third-order valence-electron chi connectivity index (χ3n) is 4.98. The van der Waals surface area contributed by atoms with E-state index in [9.17, 15) is 13.2 Å². The Labute approximate surface area is 164 Å². The number of rotatable bonds is 5. The van der Waals surface area contributed by atoms with Gasteiger partial charge in [-0.25, -0.2) is 13.1 Å². The molecule has 0 radical (unpaired) electrons. The highest BCUT2D eigenvalue weighted by molar-refractivity contribution is 7.89. The van der Waals surface area contributed by atoms with Gasteiger partial charge in [0.2, 0.25) is 10.0 Å². The molecule has 1 amide bonds. The molecule has 2 N–H and O–H groups in total. The number of carbonyl (C=O) groups excluding carboxylic acids is 1. The Bertz CT molecular complexity index is 1180. The first-order valence-electron chi connectivity index (χ1n) is 9.14. The third-order valence-corrected chi connectivity index (χ3v) is 6.54. The van der Waals surface area contributed by atoms with Crippen LogP contribution in [0.25, 0.3) is 10.9 Å². The minimum absolute atomic E-state index is 0.144. The van der Waals surface area contributed by atoms with Gasteiger partial charge < -0.3 is 5.32 Å². The summed E-state index contributed by atoms with van der Waals surface area (Å²) in [6.45, 7) is 1.72. The monoisotopic (exact) mass is 395 g/mol. The molecule has 0 unspecified atom stereocenters. The number of carbonyl (C=O) groups is 1. The number of sulfonamides is 1. The average molecular weight is 395 g/mol. The molecule has 0 spiro atoms. The van der Waals surface area contributed by atoms with Crippen molar-refractivity contribution in [1.82, 2.24) is 9.71 Å². The number of anilines is 1. The van der Waals surface area contributed by atoms with Crippen LogP contribution in [0, 0.1) is 6.92 Å². The molecule has 144 valence electrons. The minimum Gasteiger partial charge on any atom is -0.322 e. The lowest BCUT2D eigenvalue weighted by molar-refractivity contribution is 0.102. The van der Waals surface area contributed by atoms with Crippen LogP contribution in [0.15, 0.2) is 53.4 Å². The van der Waals surface area contributed by atoms with Crippen molar-refractivity contribution in [3.63, 3.8) is 0 Å². The summed E-state index contributed by atoms with van der Waals surface area (Å²) in [5.41, 5.74) is 3.31. The van der Waals surface area contributed by atoms with E-state index in [4.69, 9.17) is 0 Å². The molecule has 1 aromatic heterocycles. The number of aryl methyl sites for hydroxylation is 1. The maximum absolute atomic E-state index is 13.0. The molecule has 28 heavy (non-hydrogen) atoms. The zero-order valence-corrected chi connectivity index (χ0v) is 16.5. The average Bonchev–Trinajstić information content (AvgIpc) is 3.53. The van der Waals surface area contributed by atoms with Gasteiger partial charge in [0.05, 0.1) is 16.0 Å². The van der Waals surface area contributed by atoms with Crippen molar-refractivity contribution in [2.24, 2.45) is 0 Å². The van der Waals surface area contributed by atoms with Gasteiger partial charge in [0, 0.05) is 22.7 Å². The summed E-state index contributed by atoms with van der Waals surface area (Å²) in [5, 5.41) is 3.62. The van der Waals surface area contributed by atoms with Gasteiger partial charge in [-0.1, -0.05) is 24.3 Å². The van der Waals surface area contributed by atoms with E-state index in [1.165, 1.54) is 13.1 Å². The largest absolute Gasteiger partial charge is 0.322 e. The summed E-state index contributed by atoms with van der Waals surface area (Å²) in [4.78, 5) is 17.9. The Morgan fingerprint density at radius 3 is 2.57 bits per heavy atom. The predicted molar refractivity (Wildman–Crippen MR) is 109 cm³/mol. The van der Waals surface area contributed by atoms with Crippen LogP contribution in [-0.2, 0) is 10.0 Å². The Morgan fingerprint density at radius 2 is 1.86 bits per heavy atom. The van der Waals surface area contributed by atoms with Crippen LogP contribution in [0.4, 0.5) is 5.69 Å². The second-order valence-electron chi connectivity index (χ2n) is 7.03. The zero-order chi connectivity index (χ0) is 19.9. The normalized spacial score (nSPS) is 14.2. The number of nitrogens with one attached hydrogen (secondary N) is 2. The van der Waals surface area contributed by atoms with Crippen molar-refractivity contribution in [2.75, 3.05) is 12.4 Å². The molecular weight excluding hydrogens is 374 g/mol. The molecule has 1 aliphatic carbocycles. The fraction of sp³-hybridized carbons (Fsp3) is 0.238. The molecule has 0 bridgehead atoms. The van der Waals surface area contributed by atoms with Gasteiger partial charge in [-0.05, 0) is 56.6 Å². The van der Waals surface area contributed by atoms with Crippen molar-refractivity contribution < 1.29 is 13.2 Å². The fourth-order valence-electron chi connectivity index (χ4n) is 3.25. The molecule has 1 saturated carbocycles. The highest BCUT2D eigenvalue weighted by Crippen LogP contribution is 2.40. The Kier molecular flexibility index (Phi) is 4.64. The van der Waals surface area contributed by atoms with E-state index in [2.05, 4.69) is 15.0 Å². The van der Waals surface area contributed by atoms with E-state index < -0.39 is 10.0 Å². The van der Waals surface area contributed by atoms with Crippen LogP contribution in [0.2, 0.25) is 0 Å². The van der Waals surface area contributed by atoms with E-state index in [1.807, 2.05) is 30.3 Å². The number of hydrogen-bond donors (Lipinski definition) is 2. The van der Waals surface area contributed by atoms with Crippen LogP contribution in [-0.4, -0.2) is 26.4 Å². The van der Waals surface area contributed by atoms with Crippen LogP contribution in [0.1, 0.15) is 40.4 Å². The Morgan fingerprint density at radius 1 is 1.11 bits per heavy atom. The zero-order valence-electron chi connectivity index (χ0n) is 15.7. The van der Waals surface area contributed by atoms with E-state index in [-0.39, 0.29) is 10.8 Å². The lowest BCUT2D eigenvalue weighted by Gasteiger charge is -2.12. The van der Waals surface area contributed by atoms with Crippen LogP contribution < -0.4 is 10.0 Å². The Hall–Kier alpha value is -2.77. The molecule has 0 atom stereocenters. The first kappa shape index (κ1) is 18.6. The fourth-order valence-corrected chi connectivity index (χ4v) is 4.24. The van der Waals surface area contributed by atoms with Gasteiger partial charge in [-0.15, -0.1) is 0 Å². The van der Waals surface area contributed by atoms with Crippen molar-refractivity contribution in [3.8, 4) is 0 Å². The summed E-state index contributed by atoms with van der Waals surface area (Å²) in [6.07, 6.45) is 2.19. The van der Waals surface area contributed by atoms with E-state index in [0.29, 0.717) is 22.7 Å².